The Morgan fingerprint density at radius 3 is 2.33 bits per heavy atom. The number of amides is 1. The van der Waals surface area contributed by atoms with E-state index in [1.807, 2.05) is 0 Å². The minimum Gasteiger partial charge on any atom is -0.478 e. The minimum absolute atomic E-state index is 0.0230. The third-order valence-electron chi connectivity index (χ3n) is 4.33. The number of sulfonamides is 1. The molecule has 0 radical (unpaired) electrons. The maximum absolute atomic E-state index is 12.7. The summed E-state index contributed by atoms with van der Waals surface area (Å²) in [7, 11) is -3.73. The number of benzene rings is 1. The van der Waals surface area contributed by atoms with E-state index in [0.717, 1.165) is 0 Å². The van der Waals surface area contributed by atoms with Crippen molar-refractivity contribution in [3.63, 3.8) is 0 Å². The van der Waals surface area contributed by atoms with Crippen LogP contribution in [0.4, 0.5) is 0 Å². The van der Waals surface area contributed by atoms with E-state index in [2.05, 4.69) is 6.58 Å². The standard InChI is InChI=1S/C18H24N2O6S/c1-3-4-13-26-14(2)17(21)19-9-11-20(12-10-19)27(24,25)16-7-5-15(6-8-16)18(22)23/h3,5-8,14H,1,4,9-13H2,2H3,(H,22,23). The van der Waals surface area contributed by atoms with E-state index >= 15 is 0 Å². The van der Waals surface area contributed by atoms with Gasteiger partial charge in [0, 0.05) is 26.2 Å². The fourth-order valence-corrected chi connectivity index (χ4v) is 4.15. The molecule has 1 aliphatic rings. The molecule has 0 aromatic heterocycles. The Morgan fingerprint density at radius 2 is 1.81 bits per heavy atom. The van der Waals surface area contributed by atoms with Crippen LogP contribution in [0, 0.1) is 0 Å². The maximum atomic E-state index is 12.7. The van der Waals surface area contributed by atoms with E-state index in [9.17, 15) is 18.0 Å². The van der Waals surface area contributed by atoms with Crippen molar-refractivity contribution in [3.8, 4) is 0 Å². The molecule has 9 heteroatoms. The van der Waals surface area contributed by atoms with Crippen LogP contribution in [0.25, 0.3) is 0 Å². The molecule has 1 aliphatic heterocycles. The van der Waals surface area contributed by atoms with Gasteiger partial charge in [-0.1, -0.05) is 6.08 Å². The number of carbonyl (C=O) groups is 2. The van der Waals surface area contributed by atoms with Gasteiger partial charge in [0.25, 0.3) is 5.91 Å². The van der Waals surface area contributed by atoms with E-state index in [-0.39, 0.29) is 42.5 Å². The van der Waals surface area contributed by atoms with Crippen molar-refractivity contribution in [2.45, 2.75) is 24.3 Å². The van der Waals surface area contributed by atoms with E-state index in [1.54, 1.807) is 17.9 Å². The summed E-state index contributed by atoms with van der Waals surface area (Å²) in [5, 5.41) is 8.91. The van der Waals surface area contributed by atoms with Crippen molar-refractivity contribution in [2.75, 3.05) is 32.8 Å². The van der Waals surface area contributed by atoms with Crippen LogP contribution >= 0.6 is 0 Å². The van der Waals surface area contributed by atoms with E-state index in [1.165, 1.54) is 28.6 Å². The molecular formula is C18H24N2O6S. The summed E-state index contributed by atoms with van der Waals surface area (Å²) in [4.78, 5) is 24.9. The quantitative estimate of drug-likeness (QED) is 0.523. The summed E-state index contributed by atoms with van der Waals surface area (Å²) in [6.45, 7) is 6.59. The largest absolute Gasteiger partial charge is 0.478 e. The third kappa shape index (κ3) is 5.15. The highest BCUT2D eigenvalue weighted by Gasteiger charge is 2.31. The smallest absolute Gasteiger partial charge is 0.335 e. The first-order valence-electron chi connectivity index (χ1n) is 8.62. The van der Waals surface area contributed by atoms with Gasteiger partial charge in [0.05, 0.1) is 17.1 Å². The van der Waals surface area contributed by atoms with Gasteiger partial charge >= 0.3 is 5.97 Å². The van der Waals surface area contributed by atoms with E-state index in [4.69, 9.17) is 9.84 Å². The van der Waals surface area contributed by atoms with Crippen LogP contribution in [0.3, 0.4) is 0 Å². The topological polar surface area (TPSA) is 104 Å². The van der Waals surface area contributed by atoms with Crippen LogP contribution in [0.2, 0.25) is 0 Å². The highest BCUT2D eigenvalue weighted by molar-refractivity contribution is 7.89. The lowest BCUT2D eigenvalue weighted by Crippen LogP contribution is -2.52. The maximum Gasteiger partial charge on any atom is 0.335 e. The Balaban J connectivity index is 1.96. The highest BCUT2D eigenvalue weighted by atomic mass is 32.2. The first kappa shape index (κ1) is 21.1. The predicted molar refractivity (Wildman–Crippen MR) is 99.0 cm³/mol. The number of aromatic carboxylic acids is 1. The lowest BCUT2D eigenvalue weighted by atomic mass is 10.2. The predicted octanol–water partition coefficient (Wildman–Crippen LogP) is 1.20. The van der Waals surface area contributed by atoms with Crippen molar-refractivity contribution < 1.29 is 27.9 Å². The van der Waals surface area contributed by atoms with Gasteiger partial charge in [-0.2, -0.15) is 4.31 Å². The molecule has 1 heterocycles. The first-order valence-corrected chi connectivity index (χ1v) is 10.1. The number of ether oxygens (including phenoxy) is 1. The van der Waals surface area contributed by atoms with Gasteiger partial charge in [-0.25, -0.2) is 13.2 Å². The Kier molecular flexibility index (Phi) is 7.11. The summed E-state index contributed by atoms with van der Waals surface area (Å²) in [6.07, 6.45) is 1.78. The average molecular weight is 396 g/mol. The number of hydrogen-bond donors (Lipinski definition) is 1. The molecule has 0 saturated carbocycles. The van der Waals surface area contributed by atoms with Gasteiger partial charge < -0.3 is 14.7 Å². The second-order valence-electron chi connectivity index (χ2n) is 6.15. The molecule has 27 heavy (non-hydrogen) atoms. The molecule has 0 aliphatic carbocycles. The van der Waals surface area contributed by atoms with Crippen molar-refractivity contribution in [1.82, 2.24) is 9.21 Å². The van der Waals surface area contributed by atoms with Gasteiger partial charge in [0.2, 0.25) is 10.0 Å². The molecule has 1 atom stereocenters. The SMILES string of the molecule is C=CCCOC(C)C(=O)N1CCN(S(=O)(=O)c2ccc(C(=O)O)cc2)CC1. The number of carboxylic acids is 1. The van der Waals surface area contributed by atoms with Crippen LogP contribution in [0.15, 0.2) is 41.8 Å². The number of piperazine rings is 1. The van der Waals surface area contributed by atoms with Crippen LogP contribution in [0.1, 0.15) is 23.7 Å². The van der Waals surface area contributed by atoms with Crippen LogP contribution < -0.4 is 0 Å². The zero-order chi connectivity index (χ0) is 20.0. The molecule has 1 amide bonds. The fraction of sp³-hybridized carbons (Fsp3) is 0.444. The molecule has 8 nitrogen and oxygen atoms in total. The highest BCUT2D eigenvalue weighted by Crippen LogP contribution is 2.19. The monoisotopic (exact) mass is 396 g/mol. The summed E-state index contributed by atoms with van der Waals surface area (Å²) < 4.78 is 32.1. The zero-order valence-corrected chi connectivity index (χ0v) is 16.0. The normalized spacial score (nSPS) is 16.7. The molecule has 0 bridgehead atoms. The Bertz CT molecular complexity index is 783. The third-order valence-corrected chi connectivity index (χ3v) is 6.24. The van der Waals surface area contributed by atoms with Gasteiger partial charge in [-0.3, -0.25) is 4.79 Å². The molecule has 148 valence electrons. The van der Waals surface area contributed by atoms with Crippen LogP contribution in [-0.4, -0.2) is 73.5 Å². The summed E-state index contributed by atoms with van der Waals surface area (Å²) in [6, 6.07) is 5.09. The molecule has 0 spiro atoms. The van der Waals surface area contributed by atoms with Crippen molar-refractivity contribution in [3.05, 3.63) is 42.5 Å². The fourth-order valence-electron chi connectivity index (χ4n) is 2.72. The second-order valence-corrected chi connectivity index (χ2v) is 8.09. The molecule has 1 N–H and O–H groups in total. The van der Waals surface area contributed by atoms with Crippen LogP contribution in [-0.2, 0) is 19.6 Å². The second kappa shape index (κ2) is 9.12. The van der Waals surface area contributed by atoms with E-state index in [0.29, 0.717) is 13.0 Å². The summed E-state index contributed by atoms with van der Waals surface area (Å²) >= 11 is 0. The first-order chi connectivity index (χ1) is 12.8. The molecule has 1 unspecified atom stereocenters. The van der Waals surface area contributed by atoms with Crippen molar-refractivity contribution in [1.29, 1.82) is 0 Å². The number of carbonyl (C=O) groups excluding carboxylic acids is 1. The van der Waals surface area contributed by atoms with E-state index < -0.39 is 22.1 Å². The summed E-state index contributed by atoms with van der Waals surface area (Å²) in [5.74, 6) is -1.28. The van der Waals surface area contributed by atoms with Crippen molar-refractivity contribution in [2.24, 2.45) is 0 Å². The molecule has 1 aromatic rings. The Labute approximate surface area is 159 Å². The average Bonchev–Trinajstić information content (AvgIpc) is 2.67. The number of nitrogens with zero attached hydrogens (tertiary/aromatic N) is 2. The molecule has 2 rings (SSSR count). The van der Waals surface area contributed by atoms with Gasteiger partial charge in [0.1, 0.15) is 6.10 Å². The summed E-state index contributed by atoms with van der Waals surface area (Å²) in [5.41, 5.74) is 0.0230. The molecule has 1 saturated heterocycles. The van der Waals surface area contributed by atoms with Gasteiger partial charge in [0.15, 0.2) is 0 Å². The van der Waals surface area contributed by atoms with Gasteiger partial charge in [-0.15, -0.1) is 6.58 Å². The molecule has 1 fully saturated rings. The molecule has 1 aromatic carbocycles. The number of carboxylic acid groups (broad SMARTS) is 1. The Hall–Kier alpha value is -2.23. The van der Waals surface area contributed by atoms with Gasteiger partial charge in [-0.05, 0) is 37.6 Å². The Morgan fingerprint density at radius 1 is 1.22 bits per heavy atom. The number of rotatable bonds is 8. The lowest BCUT2D eigenvalue weighted by Gasteiger charge is -2.35. The minimum atomic E-state index is -3.73. The zero-order valence-electron chi connectivity index (χ0n) is 15.2. The molecular weight excluding hydrogens is 372 g/mol. The lowest BCUT2D eigenvalue weighted by molar-refractivity contribution is -0.143. The van der Waals surface area contributed by atoms with Crippen molar-refractivity contribution >= 4 is 21.9 Å². The van der Waals surface area contributed by atoms with Crippen LogP contribution in [0.5, 0.6) is 0 Å². The number of hydrogen-bond acceptors (Lipinski definition) is 5.